The van der Waals surface area contributed by atoms with Gasteiger partial charge in [-0.15, -0.1) is 6.42 Å². The fourth-order valence-electron chi connectivity index (χ4n) is 1.63. The lowest BCUT2D eigenvalue weighted by Crippen LogP contribution is -2.26. The standard InChI is InChI=1S/C15H13NO3/c1-4-15(2,3)19-13-11-8-6-5-7-10(11)9-12(16-13)14(17)18/h1,5-9H,2-3H3,(H,17,18). The minimum atomic E-state index is -1.10. The minimum absolute atomic E-state index is 0.0680. The molecule has 0 fully saturated rings. The van der Waals surface area contributed by atoms with Gasteiger partial charge < -0.3 is 9.84 Å². The molecule has 0 unspecified atom stereocenters. The number of hydrogen-bond acceptors (Lipinski definition) is 3. The maximum Gasteiger partial charge on any atom is 0.354 e. The lowest BCUT2D eigenvalue weighted by Gasteiger charge is -2.20. The third-order valence-electron chi connectivity index (χ3n) is 2.62. The Morgan fingerprint density at radius 2 is 2.11 bits per heavy atom. The van der Waals surface area contributed by atoms with Crippen LogP contribution in [0.25, 0.3) is 10.8 Å². The van der Waals surface area contributed by atoms with E-state index in [0.717, 1.165) is 10.8 Å². The van der Waals surface area contributed by atoms with E-state index in [1.54, 1.807) is 19.9 Å². The smallest absolute Gasteiger partial charge is 0.354 e. The Kier molecular flexibility index (Phi) is 3.14. The van der Waals surface area contributed by atoms with Gasteiger partial charge in [-0.25, -0.2) is 9.78 Å². The van der Waals surface area contributed by atoms with Gasteiger partial charge in [0, 0.05) is 5.39 Å². The van der Waals surface area contributed by atoms with E-state index >= 15 is 0 Å². The molecule has 0 aliphatic rings. The first kappa shape index (κ1) is 12.9. The number of hydrogen-bond donors (Lipinski definition) is 1. The van der Waals surface area contributed by atoms with Gasteiger partial charge in [0.1, 0.15) is 0 Å². The Morgan fingerprint density at radius 3 is 2.74 bits per heavy atom. The van der Waals surface area contributed by atoms with E-state index in [1.165, 1.54) is 6.07 Å². The molecule has 0 aliphatic carbocycles. The number of pyridine rings is 1. The van der Waals surface area contributed by atoms with E-state index in [9.17, 15) is 4.79 Å². The Labute approximate surface area is 111 Å². The number of terminal acetylenes is 1. The van der Waals surface area contributed by atoms with Crippen molar-refractivity contribution in [1.82, 2.24) is 4.98 Å². The summed E-state index contributed by atoms with van der Waals surface area (Å²) in [6.07, 6.45) is 5.38. The third-order valence-corrected chi connectivity index (χ3v) is 2.62. The number of rotatable bonds is 3. The topological polar surface area (TPSA) is 59.4 Å². The largest absolute Gasteiger partial charge is 0.477 e. The number of nitrogens with zero attached hydrogens (tertiary/aromatic N) is 1. The zero-order valence-corrected chi connectivity index (χ0v) is 10.7. The molecule has 4 nitrogen and oxygen atoms in total. The van der Waals surface area contributed by atoms with Crippen LogP contribution < -0.4 is 4.74 Å². The van der Waals surface area contributed by atoms with E-state index in [2.05, 4.69) is 10.9 Å². The van der Waals surface area contributed by atoms with Gasteiger partial charge in [-0.2, -0.15) is 0 Å². The van der Waals surface area contributed by atoms with Gasteiger partial charge in [0.15, 0.2) is 11.3 Å². The second-order valence-corrected chi connectivity index (χ2v) is 4.60. The van der Waals surface area contributed by atoms with Gasteiger partial charge in [0.25, 0.3) is 0 Å². The maximum atomic E-state index is 11.1. The Morgan fingerprint density at radius 1 is 1.42 bits per heavy atom. The molecule has 0 radical (unpaired) electrons. The highest BCUT2D eigenvalue weighted by atomic mass is 16.5. The van der Waals surface area contributed by atoms with Crippen LogP contribution in [0.2, 0.25) is 0 Å². The number of carboxylic acid groups (broad SMARTS) is 1. The van der Waals surface area contributed by atoms with Crippen molar-refractivity contribution in [2.75, 3.05) is 0 Å². The SMILES string of the molecule is C#CC(C)(C)Oc1nc(C(=O)O)cc2ccccc12. The predicted octanol–water partition coefficient (Wildman–Crippen LogP) is 2.72. The normalized spacial score (nSPS) is 11.0. The summed E-state index contributed by atoms with van der Waals surface area (Å²) in [5.41, 5.74) is -0.922. The van der Waals surface area contributed by atoms with Gasteiger partial charge in [-0.3, -0.25) is 0 Å². The monoisotopic (exact) mass is 255 g/mol. The summed E-state index contributed by atoms with van der Waals surface area (Å²) in [5, 5.41) is 10.5. The molecule has 2 rings (SSSR count). The zero-order valence-electron chi connectivity index (χ0n) is 10.7. The van der Waals surface area contributed by atoms with Crippen LogP contribution in [0, 0.1) is 12.3 Å². The number of ether oxygens (including phenoxy) is 1. The molecule has 0 amide bonds. The molecular formula is C15H13NO3. The van der Waals surface area contributed by atoms with Crippen LogP contribution in [0.1, 0.15) is 24.3 Å². The summed E-state index contributed by atoms with van der Waals surface area (Å²) in [6, 6.07) is 8.78. The Bertz CT molecular complexity index is 683. The first-order valence-corrected chi connectivity index (χ1v) is 5.73. The molecule has 0 saturated carbocycles. The number of aromatic carboxylic acids is 1. The van der Waals surface area contributed by atoms with Gasteiger partial charge in [-0.05, 0) is 31.4 Å². The Balaban J connectivity index is 2.64. The van der Waals surface area contributed by atoms with Crippen molar-refractivity contribution >= 4 is 16.7 Å². The second kappa shape index (κ2) is 4.62. The lowest BCUT2D eigenvalue weighted by atomic mass is 10.1. The molecular weight excluding hydrogens is 242 g/mol. The Hall–Kier alpha value is -2.54. The lowest BCUT2D eigenvalue weighted by molar-refractivity contribution is 0.0687. The molecule has 4 heteroatoms. The van der Waals surface area contributed by atoms with Crippen molar-refractivity contribution in [1.29, 1.82) is 0 Å². The molecule has 0 atom stereocenters. The average molecular weight is 255 g/mol. The van der Waals surface area contributed by atoms with Crippen LogP contribution in [0.3, 0.4) is 0 Å². The van der Waals surface area contributed by atoms with E-state index in [1.807, 2.05) is 18.2 Å². The van der Waals surface area contributed by atoms with Crippen molar-refractivity contribution in [3.63, 3.8) is 0 Å². The molecule has 1 heterocycles. The summed E-state index contributed by atoms with van der Waals surface area (Å²) in [6.45, 7) is 3.44. The van der Waals surface area contributed by atoms with E-state index < -0.39 is 11.6 Å². The molecule has 2 aromatic rings. The summed E-state index contributed by atoms with van der Waals surface area (Å²) in [7, 11) is 0. The number of aromatic nitrogens is 1. The predicted molar refractivity (Wildman–Crippen MR) is 72.2 cm³/mol. The third kappa shape index (κ3) is 2.66. The van der Waals surface area contributed by atoms with Crippen LogP contribution in [-0.2, 0) is 0 Å². The number of carbonyl (C=O) groups is 1. The molecule has 1 aromatic carbocycles. The highest BCUT2D eigenvalue weighted by Crippen LogP contribution is 2.27. The van der Waals surface area contributed by atoms with Gasteiger partial charge in [-0.1, -0.05) is 24.1 Å². The van der Waals surface area contributed by atoms with Gasteiger partial charge in [0.2, 0.25) is 5.88 Å². The quantitative estimate of drug-likeness (QED) is 0.857. The first-order valence-electron chi connectivity index (χ1n) is 5.73. The highest BCUT2D eigenvalue weighted by Gasteiger charge is 2.20. The van der Waals surface area contributed by atoms with Crippen molar-refractivity contribution < 1.29 is 14.6 Å². The molecule has 19 heavy (non-hydrogen) atoms. The second-order valence-electron chi connectivity index (χ2n) is 4.60. The average Bonchev–Trinajstić information content (AvgIpc) is 2.38. The first-order chi connectivity index (χ1) is 8.93. The van der Waals surface area contributed by atoms with Crippen molar-refractivity contribution in [2.24, 2.45) is 0 Å². The van der Waals surface area contributed by atoms with Gasteiger partial charge >= 0.3 is 5.97 Å². The number of carboxylic acids is 1. The number of fused-ring (bicyclic) bond motifs is 1. The number of benzene rings is 1. The molecule has 1 aromatic heterocycles. The van der Waals surface area contributed by atoms with Crippen LogP contribution in [0.15, 0.2) is 30.3 Å². The van der Waals surface area contributed by atoms with Crippen molar-refractivity contribution in [2.45, 2.75) is 19.4 Å². The minimum Gasteiger partial charge on any atom is -0.477 e. The van der Waals surface area contributed by atoms with Crippen LogP contribution in [-0.4, -0.2) is 21.7 Å². The molecule has 0 bridgehead atoms. The summed E-state index contributed by atoms with van der Waals surface area (Å²) >= 11 is 0. The van der Waals surface area contributed by atoms with Gasteiger partial charge in [0.05, 0.1) is 0 Å². The molecule has 96 valence electrons. The summed E-state index contributed by atoms with van der Waals surface area (Å²) in [5.74, 6) is 1.63. The highest BCUT2D eigenvalue weighted by molar-refractivity contribution is 5.94. The van der Waals surface area contributed by atoms with E-state index in [0.29, 0.717) is 0 Å². The summed E-state index contributed by atoms with van der Waals surface area (Å²) in [4.78, 5) is 15.1. The van der Waals surface area contributed by atoms with Crippen molar-refractivity contribution in [3.8, 4) is 18.2 Å². The van der Waals surface area contributed by atoms with Crippen molar-refractivity contribution in [3.05, 3.63) is 36.0 Å². The fourth-order valence-corrected chi connectivity index (χ4v) is 1.63. The zero-order chi connectivity index (χ0) is 14.0. The van der Waals surface area contributed by atoms with E-state index in [4.69, 9.17) is 16.3 Å². The summed E-state index contributed by atoms with van der Waals surface area (Å²) < 4.78 is 5.64. The van der Waals surface area contributed by atoms with Crippen LogP contribution in [0.4, 0.5) is 0 Å². The van der Waals surface area contributed by atoms with E-state index in [-0.39, 0.29) is 11.6 Å². The molecule has 0 aliphatic heterocycles. The maximum absolute atomic E-state index is 11.1. The fraction of sp³-hybridized carbons (Fsp3) is 0.200. The molecule has 0 saturated heterocycles. The van der Waals surface area contributed by atoms with Crippen LogP contribution >= 0.6 is 0 Å². The molecule has 0 spiro atoms. The van der Waals surface area contributed by atoms with Crippen LogP contribution in [0.5, 0.6) is 5.88 Å². The molecule has 1 N–H and O–H groups in total.